The van der Waals surface area contributed by atoms with Crippen LogP contribution in [0.5, 0.6) is 11.5 Å². The van der Waals surface area contributed by atoms with E-state index in [9.17, 15) is 0 Å². The lowest BCUT2D eigenvalue weighted by molar-refractivity contribution is 0.349. The fourth-order valence-electron chi connectivity index (χ4n) is 2.38. The van der Waals surface area contributed by atoms with Crippen LogP contribution in [0.1, 0.15) is 18.4 Å². The zero-order chi connectivity index (χ0) is 15.1. The van der Waals surface area contributed by atoms with Gasteiger partial charge in [-0.25, -0.2) is 0 Å². The Hall–Kier alpha value is -1.77. The van der Waals surface area contributed by atoms with Crippen molar-refractivity contribution in [2.24, 2.45) is 0 Å². The van der Waals surface area contributed by atoms with Crippen molar-refractivity contribution in [1.29, 1.82) is 0 Å². The van der Waals surface area contributed by atoms with E-state index < -0.39 is 0 Å². The third-order valence-electron chi connectivity index (χ3n) is 3.43. The summed E-state index contributed by atoms with van der Waals surface area (Å²) in [6.07, 6.45) is 1.93. The highest BCUT2D eigenvalue weighted by Crippen LogP contribution is 2.25. The molecule has 118 valence electrons. The van der Waals surface area contributed by atoms with E-state index in [1.165, 1.54) is 5.56 Å². The van der Waals surface area contributed by atoms with E-state index in [0.29, 0.717) is 5.92 Å². The van der Waals surface area contributed by atoms with Crippen LogP contribution in [0, 0.1) is 0 Å². The third-order valence-corrected chi connectivity index (χ3v) is 3.43. The summed E-state index contributed by atoms with van der Waals surface area (Å²) in [7, 11) is 2.11. The fraction of sp³-hybridized carbons (Fsp3) is 0.263. The van der Waals surface area contributed by atoms with Gasteiger partial charge in [0.15, 0.2) is 0 Å². The second-order valence-corrected chi connectivity index (χ2v) is 5.40. The molecule has 0 aliphatic rings. The molecule has 2 aromatic carbocycles. The number of hydrogen-bond donors (Lipinski definition) is 0. The molecule has 0 heterocycles. The average molecular weight is 318 g/mol. The lowest BCUT2D eigenvalue weighted by Crippen LogP contribution is -2.23. The molecule has 0 aromatic heterocycles. The summed E-state index contributed by atoms with van der Waals surface area (Å²) in [6.45, 7) is 7.93. The van der Waals surface area contributed by atoms with E-state index in [-0.39, 0.29) is 12.4 Å². The van der Waals surface area contributed by atoms with Gasteiger partial charge in [-0.1, -0.05) is 43.3 Å². The second-order valence-electron chi connectivity index (χ2n) is 5.40. The largest absolute Gasteiger partial charge is 0.457 e. The van der Waals surface area contributed by atoms with Crippen LogP contribution in [0.3, 0.4) is 0 Å². The molecule has 0 amide bonds. The highest BCUT2D eigenvalue weighted by Gasteiger charge is 2.09. The number of para-hydroxylation sites is 1. The van der Waals surface area contributed by atoms with Crippen molar-refractivity contribution in [1.82, 2.24) is 4.90 Å². The van der Waals surface area contributed by atoms with Gasteiger partial charge < -0.3 is 9.64 Å². The Morgan fingerprint density at radius 1 is 1.09 bits per heavy atom. The zero-order valence-electron chi connectivity index (χ0n) is 13.2. The average Bonchev–Trinajstić information content (AvgIpc) is 2.49. The maximum Gasteiger partial charge on any atom is 0.127 e. The van der Waals surface area contributed by atoms with Gasteiger partial charge in [0.1, 0.15) is 11.5 Å². The van der Waals surface area contributed by atoms with Crippen LogP contribution < -0.4 is 4.74 Å². The highest BCUT2D eigenvalue weighted by molar-refractivity contribution is 5.85. The summed E-state index contributed by atoms with van der Waals surface area (Å²) >= 11 is 0. The molecule has 0 bridgehead atoms. The number of rotatable bonds is 7. The van der Waals surface area contributed by atoms with Crippen LogP contribution in [0.4, 0.5) is 0 Å². The zero-order valence-corrected chi connectivity index (χ0v) is 14.1. The summed E-state index contributed by atoms with van der Waals surface area (Å²) in [4.78, 5) is 2.27. The Morgan fingerprint density at radius 2 is 1.77 bits per heavy atom. The number of likely N-dealkylation sites (N-methyl/N-ethyl adjacent to an activating group) is 1. The molecule has 0 aliphatic carbocycles. The van der Waals surface area contributed by atoms with Gasteiger partial charge in [0.05, 0.1) is 0 Å². The van der Waals surface area contributed by atoms with E-state index in [1.807, 2.05) is 42.5 Å². The number of ether oxygens (including phenoxy) is 1. The molecule has 0 fully saturated rings. The number of nitrogens with zero attached hydrogens (tertiary/aromatic N) is 1. The van der Waals surface area contributed by atoms with Crippen molar-refractivity contribution in [2.75, 3.05) is 20.1 Å². The molecular weight excluding hydrogens is 294 g/mol. The van der Waals surface area contributed by atoms with Crippen molar-refractivity contribution in [3.63, 3.8) is 0 Å². The molecule has 0 saturated carbocycles. The first-order valence-corrected chi connectivity index (χ1v) is 7.31. The minimum Gasteiger partial charge on any atom is -0.457 e. The fourth-order valence-corrected chi connectivity index (χ4v) is 2.38. The molecule has 2 rings (SSSR count). The van der Waals surface area contributed by atoms with Gasteiger partial charge in [-0.05, 0) is 42.8 Å². The van der Waals surface area contributed by atoms with E-state index >= 15 is 0 Å². The topological polar surface area (TPSA) is 12.5 Å². The number of halogens is 1. The molecule has 22 heavy (non-hydrogen) atoms. The van der Waals surface area contributed by atoms with Gasteiger partial charge in [0.2, 0.25) is 0 Å². The van der Waals surface area contributed by atoms with E-state index in [4.69, 9.17) is 4.74 Å². The summed E-state index contributed by atoms with van der Waals surface area (Å²) in [5, 5.41) is 0. The van der Waals surface area contributed by atoms with Crippen LogP contribution in [0.25, 0.3) is 0 Å². The Bertz CT molecular complexity index is 571. The second kappa shape index (κ2) is 9.29. The van der Waals surface area contributed by atoms with Crippen LogP contribution in [0.2, 0.25) is 0 Å². The smallest absolute Gasteiger partial charge is 0.127 e. The number of benzene rings is 2. The van der Waals surface area contributed by atoms with Gasteiger partial charge in [-0.3, -0.25) is 0 Å². The normalized spacial score (nSPS) is 11.6. The van der Waals surface area contributed by atoms with Gasteiger partial charge in [-0.2, -0.15) is 0 Å². The lowest BCUT2D eigenvalue weighted by Gasteiger charge is -2.20. The molecule has 2 aromatic rings. The monoisotopic (exact) mass is 317 g/mol. The van der Waals surface area contributed by atoms with E-state index in [2.05, 4.69) is 43.6 Å². The molecule has 3 heteroatoms. The van der Waals surface area contributed by atoms with Crippen LogP contribution >= 0.6 is 12.4 Å². The minimum absolute atomic E-state index is 0. The predicted octanol–water partition coefficient (Wildman–Crippen LogP) is 5.12. The quantitative estimate of drug-likeness (QED) is 0.657. The Morgan fingerprint density at radius 3 is 2.45 bits per heavy atom. The molecule has 0 saturated heterocycles. The molecular formula is C19H24ClNO. The standard InChI is InChI=1S/C19H23NO.ClH/c1-4-13-20(3)15-16(2)17-9-8-12-19(14-17)21-18-10-6-5-7-11-18;/h4-12,14,16H,1,13,15H2,2-3H3;1H. The van der Waals surface area contributed by atoms with E-state index in [0.717, 1.165) is 24.6 Å². The first-order valence-electron chi connectivity index (χ1n) is 7.31. The Kier molecular flexibility index (Phi) is 7.72. The van der Waals surface area contributed by atoms with E-state index in [1.54, 1.807) is 0 Å². The predicted molar refractivity (Wildman–Crippen MR) is 96.3 cm³/mol. The number of hydrogen-bond acceptors (Lipinski definition) is 2. The molecule has 0 aliphatic heterocycles. The Labute approximate surface area is 139 Å². The van der Waals surface area contributed by atoms with Gasteiger partial charge in [0, 0.05) is 13.1 Å². The van der Waals surface area contributed by atoms with Crippen LogP contribution in [-0.4, -0.2) is 25.0 Å². The maximum absolute atomic E-state index is 5.89. The van der Waals surface area contributed by atoms with Crippen molar-refractivity contribution in [3.8, 4) is 11.5 Å². The summed E-state index contributed by atoms with van der Waals surface area (Å²) in [6, 6.07) is 18.2. The lowest BCUT2D eigenvalue weighted by atomic mass is 10.0. The first-order chi connectivity index (χ1) is 10.2. The van der Waals surface area contributed by atoms with Gasteiger partial charge >= 0.3 is 0 Å². The van der Waals surface area contributed by atoms with Crippen molar-refractivity contribution in [3.05, 3.63) is 72.8 Å². The molecule has 1 unspecified atom stereocenters. The maximum atomic E-state index is 5.89. The van der Waals surface area contributed by atoms with Crippen LogP contribution in [-0.2, 0) is 0 Å². The molecule has 0 spiro atoms. The van der Waals surface area contributed by atoms with Crippen molar-refractivity contribution in [2.45, 2.75) is 12.8 Å². The SMILES string of the molecule is C=CCN(C)CC(C)c1cccc(Oc2ccccc2)c1.Cl. The van der Waals surface area contributed by atoms with Crippen LogP contribution in [0.15, 0.2) is 67.3 Å². The molecule has 0 N–H and O–H groups in total. The summed E-state index contributed by atoms with van der Waals surface area (Å²) < 4.78 is 5.89. The Balaban J connectivity index is 0.00000242. The summed E-state index contributed by atoms with van der Waals surface area (Å²) in [5.41, 5.74) is 1.29. The highest BCUT2D eigenvalue weighted by atomic mass is 35.5. The molecule has 1 atom stereocenters. The minimum atomic E-state index is 0. The summed E-state index contributed by atoms with van der Waals surface area (Å²) in [5.74, 6) is 2.21. The van der Waals surface area contributed by atoms with Gasteiger partial charge in [-0.15, -0.1) is 19.0 Å². The van der Waals surface area contributed by atoms with Gasteiger partial charge in [0.25, 0.3) is 0 Å². The van der Waals surface area contributed by atoms with Crippen molar-refractivity contribution < 1.29 is 4.74 Å². The molecule has 2 nitrogen and oxygen atoms in total. The molecule has 0 radical (unpaired) electrons. The first kappa shape index (κ1) is 18.3. The van der Waals surface area contributed by atoms with Crippen molar-refractivity contribution >= 4 is 12.4 Å². The third kappa shape index (κ3) is 5.55.